The molecule has 1 heterocycles. The van der Waals surface area contributed by atoms with E-state index < -0.39 is 0 Å². The Hall–Kier alpha value is -2.06. The topological polar surface area (TPSA) is 22.1 Å². The summed E-state index contributed by atoms with van der Waals surface area (Å²) < 4.78 is 6.26. The zero-order valence-corrected chi connectivity index (χ0v) is 13.6. The first-order valence-corrected chi connectivity index (χ1v) is 8.47. The van der Waals surface area contributed by atoms with E-state index in [-0.39, 0.29) is 0 Å². The zero-order valence-electron chi connectivity index (χ0n) is 12.9. The lowest BCUT2D eigenvalue weighted by atomic mass is 9.93. The summed E-state index contributed by atoms with van der Waals surface area (Å²) in [6, 6.07) is 16.1. The molecule has 116 valence electrons. The second kappa shape index (κ2) is 6.21. The molecule has 0 atom stereocenters. The van der Waals surface area contributed by atoms with Crippen LogP contribution in [0.25, 0.3) is 10.9 Å². The summed E-state index contributed by atoms with van der Waals surface area (Å²) >= 11 is 5.95. The van der Waals surface area contributed by atoms with Gasteiger partial charge in [0.15, 0.2) is 0 Å². The lowest BCUT2D eigenvalue weighted by molar-refractivity contribution is 0.305. The van der Waals surface area contributed by atoms with E-state index in [1.165, 1.54) is 24.1 Å². The molecule has 0 unspecified atom stereocenters. The molecule has 0 saturated carbocycles. The van der Waals surface area contributed by atoms with Gasteiger partial charge in [-0.1, -0.05) is 35.9 Å². The third-order valence-electron chi connectivity index (χ3n) is 4.41. The molecular weight excluding hydrogens is 306 g/mol. The van der Waals surface area contributed by atoms with E-state index in [9.17, 15) is 0 Å². The van der Waals surface area contributed by atoms with Gasteiger partial charge in [-0.15, -0.1) is 0 Å². The van der Waals surface area contributed by atoms with Crippen molar-refractivity contribution in [3.63, 3.8) is 0 Å². The standard InChI is InChI=1S/C20H18ClNO/c21-15-11-9-14(10-12-15)13-23-20-16-5-1-3-7-18(16)22-19-8-4-2-6-17(19)20/h1,3,5,7,9-12H,2,4,6,8,13H2. The van der Waals surface area contributed by atoms with Gasteiger partial charge in [0.1, 0.15) is 12.4 Å². The normalized spacial score (nSPS) is 13.8. The van der Waals surface area contributed by atoms with Gasteiger partial charge in [0.05, 0.1) is 5.52 Å². The molecule has 0 radical (unpaired) electrons. The number of nitrogens with zero attached hydrogens (tertiary/aromatic N) is 1. The molecule has 0 bridgehead atoms. The lowest BCUT2D eigenvalue weighted by Gasteiger charge is -2.21. The maximum absolute atomic E-state index is 6.26. The van der Waals surface area contributed by atoms with Crippen LogP contribution in [-0.2, 0) is 19.4 Å². The van der Waals surface area contributed by atoms with Crippen molar-refractivity contribution < 1.29 is 4.74 Å². The van der Waals surface area contributed by atoms with E-state index >= 15 is 0 Å². The van der Waals surface area contributed by atoms with Crippen LogP contribution in [0.5, 0.6) is 5.75 Å². The van der Waals surface area contributed by atoms with Crippen LogP contribution in [0.15, 0.2) is 48.5 Å². The Bertz CT molecular complexity index is 842. The second-order valence-corrected chi connectivity index (χ2v) is 6.44. The number of aromatic nitrogens is 1. The molecule has 2 aromatic carbocycles. The van der Waals surface area contributed by atoms with Crippen LogP contribution < -0.4 is 4.74 Å². The highest BCUT2D eigenvalue weighted by molar-refractivity contribution is 6.30. The van der Waals surface area contributed by atoms with Crippen molar-refractivity contribution in [2.45, 2.75) is 32.3 Å². The Morgan fingerprint density at radius 2 is 1.74 bits per heavy atom. The molecule has 1 aliphatic carbocycles. The SMILES string of the molecule is Clc1ccc(COc2c3c(nc4ccccc24)CCCC3)cc1. The molecule has 1 aromatic heterocycles. The van der Waals surface area contributed by atoms with Crippen LogP contribution in [0.2, 0.25) is 5.02 Å². The van der Waals surface area contributed by atoms with Crippen LogP contribution in [0.3, 0.4) is 0 Å². The molecule has 3 aromatic rings. The Labute approximate surface area is 141 Å². The smallest absolute Gasteiger partial charge is 0.134 e. The van der Waals surface area contributed by atoms with E-state index in [1.807, 2.05) is 36.4 Å². The van der Waals surface area contributed by atoms with E-state index in [0.717, 1.165) is 40.1 Å². The molecule has 0 aliphatic heterocycles. The van der Waals surface area contributed by atoms with E-state index in [1.54, 1.807) is 0 Å². The number of para-hydroxylation sites is 1. The van der Waals surface area contributed by atoms with Gasteiger partial charge in [-0.25, -0.2) is 0 Å². The molecule has 2 nitrogen and oxygen atoms in total. The van der Waals surface area contributed by atoms with Gasteiger partial charge in [-0.2, -0.15) is 0 Å². The molecular formula is C20H18ClNO. The Balaban J connectivity index is 1.73. The third-order valence-corrected chi connectivity index (χ3v) is 4.67. The van der Waals surface area contributed by atoms with Crippen molar-refractivity contribution in [1.29, 1.82) is 0 Å². The van der Waals surface area contributed by atoms with Crippen LogP contribution in [-0.4, -0.2) is 4.98 Å². The molecule has 0 N–H and O–H groups in total. The van der Waals surface area contributed by atoms with Gasteiger partial charge in [-0.05, 0) is 55.5 Å². The number of benzene rings is 2. The van der Waals surface area contributed by atoms with Crippen molar-refractivity contribution in [3.05, 3.63) is 70.4 Å². The van der Waals surface area contributed by atoms with Crippen molar-refractivity contribution in [3.8, 4) is 5.75 Å². The number of fused-ring (bicyclic) bond motifs is 2. The fraction of sp³-hybridized carbons (Fsp3) is 0.250. The summed E-state index contributed by atoms with van der Waals surface area (Å²) in [4.78, 5) is 4.85. The van der Waals surface area contributed by atoms with Gasteiger partial charge < -0.3 is 4.74 Å². The number of pyridine rings is 1. The largest absolute Gasteiger partial charge is 0.488 e. The molecule has 0 amide bonds. The van der Waals surface area contributed by atoms with Gasteiger partial charge in [0, 0.05) is 21.7 Å². The van der Waals surface area contributed by atoms with E-state index in [0.29, 0.717) is 6.61 Å². The summed E-state index contributed by atoms with van der Waals surface area (Å²) in [6.07, 6.45) is 4.54. The quantitative estimate of drug-likeness (QED) is 0.648. The van der Waals surface area contributed by atoms with Crippen LogP contribution in [0.1, 0.15) is 29.7 Å². The summed E-state index contributed by atoms with van der Waals surface area (Å²) in [5.41, 5.74) is 4.66. The zero-order chi connectivity index (χ0) is 15.6. The average Bonchev–Trinajstić information content (AvgIpc) is 2.60. The second-order valence-electron chi connectivity index (χ2n) is 6.01. The monoisotopic (exact) mass is 323 g/mol. The van der Waals surface area contributed by atoms with Gasteiger partial charge in [-0.3, -0.25) is 4.98 Å². The van der Waals surface area contributed by atoms with Gasteiger partial charge in [0.25, 0.3) is 0 Å². The van der Waals surface area contributed by atoms with Crippen LogP contribution in [0, 0.1) is 0 Å². The Morgan fingerprint density at radius 1 is 0.957 bits per heavy atom. The van der Waals surface area contributed by atoms with Crippen molar-refractivity contribution >= 4 is 22.5 Å². The van der Waals surface area contributed by atoms with Crippen LogP contribution in [0.4, 0.5) is 0 Å². The first kappa shape index (κ1) is 14.5. The fourth-order valence-electron chi connectivity index (χ4n) is 3.23. The van der Waals surface area contributed by atoms with Crippen LogP contribution >= 0.6 is 11.6 Å². The minimum atomic E-state index is 0.553. The lowest BCUT2D eigenvalue weighted by Crippen LogP contribution is -2.09. The van der Waals surface area contributed by atoms with Gasteiger partial charge >= 0.3 is 0 Å². The summed E-state index contributed by atoms with van der Waals surface area (Å²) in [5.74, 6) is 1.01. The predicted molar refractivity (Wildman–Crippen MR) is 94.2 cm³/mol. The number of aryl methyl sites for hydroxylation is 1. The first-order valence-electron chi connectivity index (χ1n) is 8.09. The molecule has 4 rings (SSSR count). The van der Waals surface area contributed by atoms with E-state index in [2.05, 4.69) is 12.1 Å². The van der Waals surface area contributed by atoms with Crippen molar-refractivity contribution in [2.75, 3.05) is 0 Å². The molecule has 0 spiro atoms. The summed E-state index contributed by atoms with van der Waals surface area (Å²) in [7, 11) is 0. The number of hydrogen-bond donors (Lipinski definition) is 0. The molecule has 3 heteroatoms. The molecule has 0 fully saturated rings. The highest BCUT2D eigenvalue weighted by atomic mass is 35.5. The Morgan fingerprint density at radius 3 is 2.61 bits per heavy atom. The molecule has 0 saturated heterocycles. The minimum absolute atomic E-state index is 0.553. The summed E-state index contributed by atoms with van der Waals surface area (Å²) in [6.45, 7) is 0.553. The molecule has 1 aliphatic rings. The third kappa shape index (κ3) is 2.91. The average molecular weight is 324 g/mol. The number of halogens is 1. The summed E-state index contributed by atoms with van der Waals surface area (Å²) in [5, 5.41) is 1.86. The maximum atomic E-state index is 6.26. The number of rotatable bonds is 3. The van der Waals surface area contributed by atoms with E-state index in [4.69, 9.17) is 21.3 Å². The van der Waals surface area contributed by atoms with Crippen molar-refractivity contribution in [2.24, 2.45) is 0 Å². The van der Waals surface area contributed by atoms with Crippen molar-refractivity contribution in [1.82, 2.24) is 4.98 Å². The first-order chi connectivity index (χ1) is 11.3. The minimum Gasteiger partial charge on any atom is -0.488 e. The fourth-order valence-corrected chi connectivity index (χ4v) is 3.36. The Kier molecular flexibility index (Phi) is 3.92. The highest BCUT2D eigenvalue weighted by Crippen LogP contribution is 2.35. The molecule has 23 heavy (non-hydrogen) atoms. The number of hydrogen-bond acceptors (Lipinski definition) is 2. The predicted octanol–water partition coefficient (Wildman–Crippen LogP) is 5.35. The van der Waals surface area contributed by atoms with Gasteiger partial charge in [0.2, 0.25) is 0 Å². The highest BCUT2D eigenvalue weighted by Gasteiger charge is 2.19. The number of ether oxygens (including phenoxy) is 1. The maximum Gasteiger partial charge on any atom is 0.134 e.